The summed E-state index contributed by atoms with van der Waals surface area (Å²) < 4.78 is 0. The molecule has 4 saturated carbocycles. The topological polar surface area (TPSA) is 0 Å². The number of hydrogen-bond donors (Lipinski definition) is 0. The molecular formula is C144H130. The summed E-state index contributed by atoms with van der Waals surface area (Å²) in [7, 11) is 0. The standard InChI is InChI=1S/C26H18.2C22H18.C20H22.C19H20.C18H18.C17H16/c1-17-14-15-21-20-10-4-7-13-24(20)26(25(21)16-17)22-11-5-2-8-18(22)19-9-3-6-12-23(19)26;1-15-10-11-18-17-7-3-5-9-20(17)22(21(18)14-15)13-12-16-6-2-4-8-19(16)22;1-15-10-11-19-18-8-4-5-9-20(18)22(21(19)12-15)13-16-6-2-3-7-17(16)14-22;1-15-10-11-17-16-8-4-5-9-18(16)20(19(17)14-15)12-6-2-3-7-13-20;1-14-9-10-16-15-7-3-4-8-17(15)19(18(16)13-14)11-5-2-6-12-19;1-13-8-9-15-14-6-2-3-7-16(14)18(17(15)12-13)10-4-5-11-18;1-12-7-8-14-13-5-2-3-6-15(13)17(9-4-10-17)16(14)11-12/h2-16H,1H3;2-11,14H,12-13H2,1H3;2-12H,13-14H2,1H3;4-5,8-11,14H,2-3,6-7,12-13H2,1H3;3-4,7-10,13H,2,5-6,11-12H2,1H3;2-3,6-9,12H,4-5,10-11H2,1H3;2-3,5-8,11H,4,9-10H2,1H3. The molecule has 32 rings (SSSR count). The van der Waals surface area contributed by atoms with Crippen molar-refractivity contribution in [1.29, 1.82) is 0 Å². The average molecular weight is 1860 g/mol. The predicted octanol–water partition coefficient (Wildman–Crippen LogP) is 36.8. The number of rotatable bonds is 0. The minimum atomic E-state index is -0.189. The first-order chi connectivity index (χ1) is 70.6. The number of benzene rings is 18. The van der Waals surface area contributed by atoms with Crippen LogP contribution in [0.4, 0.5) is 0 Å². The van der Waals surface area contributed by atoms with E-state index in [1.807, 2.05) is 0 Å². The zero-order chi connectivity index (χ0) is 96.8. The van der Waals surface area contributed by atoms with Crippen molar-refractivity contribution in [1.82, 2.24) is 0 Å². The summed E-state index contributed by atoms with van der Waals surface area (Å²) in [5, 5.41) is 0. The monoisotopic (exact) mass is 1860 g/mol. The van der Waals surface area contributed by atoms with Crippen LogP contribution in [0, 0.1) is 48.5 Å². The lowest BCUT2D eigenvalue weighted by molar-refractivity contribution is 0.309. The molecule has 18 aromatic rings. The molecular weight excluding hydrogens is 1730 g/mol. The molecule has 0 saturated heterocycles. The molecule has 0 radical (unpaired) electrons. The van der Waals surface area contributed by atoms with E-state index in [0.717, 1.165) is 12.8 Å². The minimum absolute atomic E-state index is 0.0779. The van der Waals surface area contributed by atoms with Crippen LogP contribution in [0.2, 0.25) is 0 Å². The molecule has 0 N–H and O–H groups in total. The van der Waals surface area contributed by atoms with Crippen LogP contribution in [0.3, 0.4) is 0 Å². The largest absolute Gasteiger partial charge is 0.0725 e. The second-order valence-electron chi connectivity index (χ2n) is 45.1. The van der Waals surface area contributed by atoms with E-state index in [1.54, 1.807) is 44.5 Å². The first kappa shape index (κ1) is 90.0. The van der Waals surface area contributed by atoms with Crippen molar-refractivity contribution in [3.8, 4) is 89.0 Å². The lowest BCUT2D eigenvalue weighted by Gasteiger charge is -2.40. The highest BCUT2D eigenvalue weighted by molar-refractivity contribution is 5.96. The van der Waals surface area contributed by atoms with Gasteiger partial charge in [0.05, 0.1) is 5.41 Å². The highest BCUT2D eigenvalue weighted by Crippen LogP contribution is 2.67. The van der Waals surface area contributed by atoms with Gasteiger partial charge < -0.3 is 0 Å². The highest BCUT2D eigenvalue weighted by Gasteiger charge is 2.55. The second-order valence-corrected chi connectivity index (χ2v) is 45.1. The molecule has 1 unspecified atom stereocenters. The Hall–Kier alpha value is -14.0. The highest BCUT2D eigenvalue weighted by atomic mass is 14.6. The van der Waals surface area contributed by atoms with Gasteiger partial charge in [0.15, 0.2) is 0 Å². The van der Waals surface area contributed by atoms with Gasteiger partial charge in [-0.1, -0.05) is 497 Å². The van der Waals surface area contributed by atoms with Crippen molar-refractivity contribution < 1.29 is 0 Å². The molecule has 4 fully saturated rings. The van der Waals surface area contributed by atoms with Gasteiger partial charge in [0.1, 0.15) is 0 Å². The third-order valence-electron chi connectivity index (χ3n) is 37.3. The fourth-order valence-corrected chi connectivity index (χ4v) is 30.9. The lowest BCUT2D eigenvalue weighted by atomic mass is 9.63. The molecule has 0 amide bonds. The molecule has 0 heterocycles. The molecule has 0 heteroatoms. The fraction of sp³-hybridized carbons (Fsp3) is 0.250. The third-order valence-corrected chi connectivity index (χ3v) is 37.3. The van der Waals surface area contributed by atoms with Crippen LogP contribution < -0.4 is 0 Å². The molecule has 0 aromatic heterocycles. The maximum atomic E-state index is 2.46. The van der Waals surface area contributed by atoms with Crippen LogP contribution in [0.1, 0.15) is 272 Å². The van der Waals surface area contributed by atoms with Gasteiger partial charge in [0.25, 0.3) is 0 Å². The average Bonchev–Trinajstić information content (AvgIpc) is 1.47. The Bertz CT molecular complexity index is 8050. The molecule has 0 bridgehead atoms. The maximum Gasteiger partial charge on any atom is 0.0725 e. The van der Waals surface area contributed by atoms with Gasteiger partial charge in [-0.25, -0.2) is 0 Å². The first-order valence-electron chi connectivity index (χ1n) is 54.5. The zero-order valence-electron chi connectivity index (χ0n) is 85.1. The van der Waals surface area contributed by atoms with Gasteiger partial charge in [-0.15, -0.1) is 0 Å². The van der Waals surface area contributed by atoms with Gasteiger partial charge >= 0.3 is 0 Å². The summed E-state index contributed by atoms with van der Waals surface area (Å²) in [5.74, 6) is 0. The van der Waals surface area contributed by atoms with Gasteiger partial charge in [-0.05, 0) is 326 Å². The van der Waals surface area contributed by atoms with Gasteiger partial charge in [0, 0.05) is 32.5 Å². The molecule has 7 spiro atoms. The van der Waals surface area contributed by atoms with Crippen LogP contribution in [0.5, 0.6) is 0 Å². The number of fused-ring (bicyclic) bond motifs is 43. The summed E-state index contributed by atoms with van der Waals surface area (Å²) >= 11 is 0. The molecule has 144 heavy (non-hydrogen) atoms. The SMILES string of the molecule is Cc1ccc2c(c1)C1(CCC1)c1ccccc1-2.Cc1ccc2c(c1)C1(CCCC1)c1ccccc1-2.Cc1ccc2c(c1)C1(CCCCC1)c1ccccc1-2.Cc1ccc2c(c1)C1(CCCCCC1)c1ccccc1-2.Cc1ccc2c(c1)C1(CCc3ccccc31)c1ccccc1-2.Cc1ccc2c(c1)C1(Cc3ccccc3C1)c1ccccc1-2.Cc1ccc2c(c1)C1(c3ccccc3-c3ccccc31)c1ccccc1-2. The maximum absolute atomic E-state index is 2.46. The predicted molar refractivity (Wildman–Crippen MR) is 603 cm³/mol. The Labute approximate surface area is 854 Å². The van der Waals surface area contributed by atoms with Crippen LogP contribution in [-0.2, 0) is 57.2 Å². The van der Waals surface area contributed by atoms with Gasteiger partial charge in [-0.3, -0.25) is 0 Å². The summed E-state index contributed by atoms with van der Waals surface area (Å²) in [6.45, 7) is 15.5. The van der Waals surface area contributed by atoms with E-state index in [9.17, 15) is 0 Å². The molecule has 14 aliphatic carbocycles. The van der Waals surface area contributed by atoms with Gasteiger partial charge in [0.2, 0.25) is 0 Å². The van der Waals surface area contributed by atoms with Crippen LogP contribution in [0.25, 0.3) is 89.0 Å². The van der Waals surface area contributed by atoms with E-state index in [2.05, 4.69) is 443 Å². The van der Waals surface area contributed by atoms with Crippen molar-refractivity contribution in [2.45, 2.75) is 228 Å². The van der Waals surface area contributed by atoms with Crippen molar-refractivity contribution in [2.75, 3.05) is 0 Å². The molecule has 1 atom stereocenters. The Morgan fingerprint density at radius 1 is 0.139 bits per heavy atom. The van der Waals surface area contributed by atoms with E-state index in [4.69, 9.17) is 0 Å². The van der Waals surface area contributed by atoms with E-state index < -0.39 is 0 Å². The van der Waals surface area contributed by atoms with E-state index in [1.165, 1.54) is 323 Å². The smallest absolute Gasteiger partial charge is 0.0620 e. The van der Waals surface area contributed by atoms with Crippen LogP contribution >= 0.6 is 0 Å². The summed E-state index contributed by atoms with van der Waals surface area (Å²) in [6, 6.07) is 148. The summed E-state index contributed by atoms with van der Waals surface area (Å²) in [5.41, 5.74) is 64.7. The van der Waals surface area contributed by atoms with Crippen molar-refractivity contribution >= 4 is 0 Å². The van der Waals surface area contributed by atoms with Gasteiger partial charge in [-0.2, -0.15) is 0 Å². The van der Waals surface area contributed by atoms with E-state index in [0.29, 0.717) is 21.7 Å². The normalized spacial score (nSPS) is 18.1. The van der Waals surface area contributed by atoms with E-state index in [-0.39, 0.29) is 16.2 Å². The fourth-order valence-electron chi connectivity index (χ4n) is 30.9. The molecule has 706 valence electrons. The molecule has 14 aliphatic rings. The molecule has 0 nitrogen and oxygen atoms in total. The Morgan fingerprint density at radius 3 is 0.653 bits per heavy atom. The van der Waals surface area contributed by atoms with E-state index >= 15 is 0 Å². The summed E-state index contributed by atoms with van der Waals surface area (Å²) in [4.78, 5) is 0. The lowest BCUT2D eigenvalue weighted by Crippen LogP contribution is -2.33. The third kappa shape index (κ3) is 13.8. The Morgan fingerprint density at radius 2 is 0.340 bits per heavy atom. The van der Waals surface area contributed by atoms with Crippen LogP contribution in [-0.4, -0.2) is 0 Å². The quantitative estimate of drug-likeness (QED) is 0.142. The van der Waals surface area contributed by atoms with Crippen molar-refractivity contribution in [2.24, 2.45) is 0 Å². The zero-order valence-corrected chi connectivity index (χ0v) is 85.1. The van der Waals surface area contributed by atoms with Crippen molar-refractivity contribution in [3.05, 3.63) is 545 Å². The van der Waals surface area contributed by atoms with Crippen LogP contribution in [0.15, 0.2) is 394 Å². The number of aryl methyl sites for hydroxylation is 8. The van der Waals surface area contributed by atoms with Crippen molar-refractivity contribution in [3.63, 3.8) is 0 Å². The Kier molecular flexibility index (Phi) is 22.2. The first-order valence-corrected chi connectivity index (χ1v) is 54.5. The number of hydrogen-bond acceptors (Lipinski definition) is 0. The summed E-state index contributed by atoms with van der Waals surface area (Å²) in [6.07, 6.45) is 29.2. The molecule has 18 aromatic carbocycles. The second kappa shape index (κ2) is 35.5. The minimum Gasteiger partial charge on any atom is -0.0620 e. The molecule has 0 aliphatic heterocycles. The Balaban J connectivity index is 0.0000000860.